The van der Waals surface area contributed by atoms with Crippen LogP contribution in [0.4, 0.5) is 11.4 Å². The van der Waals surface area contributed by atoms with Gasteiger partial charge in [0, 0.05) is 47.5 Å². The molecule has 2 aromatic heterocycles. The van der Waals surface area contributed by atoms with E-state index >= 15 is 0 Å². The lowest BCUT2D eigenvalue weighted by atomic mass is 10.1. The van der Waals surface area contributed by atoms with E-state index in [2.05, 4.69) is 20.6 Å². The highest BCUT2D eigenvalue weighted by Gasteiger charge is 2.18. The zero-order valence-corrected chi connectivity index (χ0v) is 16.9. The van der Waals surface area contributed by atoms with Crippen molar-refractivity contribution in [2.24, 2.45) is 0 Å². The number of hydrogen-bond acceptors (Lipinski definition) is 6. The van der Waals surface area contributed by atoms with E-state index in [-0.39, 0.29) is 11.3 Å². The molecule has 0 bridgehead atoms. The van der Waals surface area contributed by atoms with Gasteiger partial charge in [-0.15, -0.1) is 0 Å². The molecule has 0 radical (unpaired) electrons. The highest BCUT2D eigenvalue weighted by Crippen LogP contribution is 2.21. The maximum atomic E-state index is 12.5. The Balaban J connectivity index is 1.39. The second kappa shape index (κ2) is 8.64. The number of nitrogens with zero attached hydrogens (tertiary/aromatic N) is 4. The standard InChI is InChI=1S/C22H18N6O4/c1-14(24-21(30)16-4-2-5-18(12-16)28(31)32)20(29)25-17-8-6-15(7-9-17)19-13-27-11-3-10-23-22(27)26-19/h2-14H,1H3,(H,24,30)(H,25,29). The fraction of sp³-hybridized carbons (Fsp3) is 0.0909. The Morgan fingerprint density at radius 1 is 1.12 bits per heavy atom. The summed E-state index contributed by atoms with van der Waals surface area (Å²) in [5, 5.41) is 16.1. The van der Waals surface area contributed by atoms with Gasteiger partial charge in [-0.05, 0) is 31.2 Å². The van der Waals surface area contributed by atoms with Crippen molar-refractivity contribution in [3.63, 3.8) is 0 Å². The first-order valence-electron chi connectivity index (χ1n) is 9.67. The number of nitrogens with one attached hydrogen (secondary N) is 2. The molecule has 160 valence electrons. The summed E-state index contributed by atoms with van der Waals surface area (Å²) in [6, 6.07) is 13.4. The van der Waals surface area contributed by atoms with Gasteiger partial charge in [-0.2, -0.15) is 0 Å². The van der Waals surface area contributed by atoms with Crippen molar-refractivity contribution in [3.8, 4) is 11.3 Å². The summed E-state index contributed by atoms with van der Waals surface area (Å²) in [7, 11) is 0. The van der Waals surface area contributed by atoms with Gasteiger partial charge in [0.2, 0.25) is 11.7 Å². The predicted octanol–water partition coefficient (Wildman–Crippen LogP) is 3.06. The molecule has 2 heterocycles. The molecule has 0 saturated carbocycles. The number of benzene rings is 2. The first kappa shape index (κ1) is 20.7. The van der Waals surface area contributed by atoms with E-state index < -0.39 is 22.8 Å². The highest BCUT2D eigenvalue weighted by atomic mass is 16.6. The summed E-state index contributed by atoms with van der Waals surface area (Å²) >= 11 is 0. The average Bonchev–Trinajstić information content (AvgIpc) is 3.24. The predicted molar refractivity (Wildman–Crippen MR) is 117 cm³/mol. The normalized spacial score (nSPS) is 11.7. The smallest absolute Gasteiger partial charge is 0.270 e. The maximum absolute atomic E-state index is 12.5. The van der Waals surface area contributed by atoms with Crippen LogP contribution in [0.3, 0.4) is 0 Å². The van der Waals surface area contributed by atoms with E-state index in [0.29, 0.717) is 11.5 Å². The summed E-state index contributed by atoms with van der Waals surface area (Å²) in [4.78, 5) is 43.7. The van der Waals surface area contributed by atoms with Gasteiger partial charge in [0.05, 0.1) is 10.6 Å². The number of non-ortho nitro benzene ring substituents is 1. The lowest BCUT2D eigenvalue weighted by Gasteiger charge is -2.14. The summed E-state index contributed by atoms with van der Waals surface area (Å²) in [6.45, 7) is 1.53. The molecule has 4 rings (SSSR count). The monoisotopic (exact) mass is 430 g/mol. The van der Waals surface area contributed by atoms with Crippen molar-refractivity contribution < 1.29 is 14.5 Å². The van der Waals surface area contributed by atoms with Crippen LogP contribution in [0.15, 0.2) is 73.2 Å². The van der Waals surface area contributed by atoms with Crippen LogP contribution in [0, 0.1) is 10.1 Å². The molecule has 10 heteroatoms. The molecule has 1 unspecified atom stereocenters. The third kappa shape index (κ3) is 4.43. The van der Waals surface area contributed by atoms with Gasteiger partial charge in [0.1, 0.15) is 6.04 Å². The van der Waals surface area contributed by atoms with Gasteiger partial charge < -0.3 is 10.6 Å². The molecule has 0 saturated heterocycles. The van der Waals surface area contributed by atoms with Crippen molar-refractivity contribution in [3.05, 3.63) is 88.9 Å². The molecule has 2 amide bonds. The molecule has 32 heavy (non-hydrogen) atoms. The van der Waals surface area contributed by atoms with Gasteiger partial charge in [-0.1, -0.05) is 18.2 Å². The molecular formula is C22H18N6O4. The zero-order chi connectivity index (χ0) is 22.7. The van der Waals surface area contributed by atoms with Crippen LogP contribution < -0.4 is 10.6 Å². The molecule has 1 atom stereocenters. The Bertz CT molecular complexity index is 1280. The van der Waals surface area contributed by atoms with Crippen LogP contribution in [-0.2, 0) is 4.79 Å². The number of carbonyl (C=O) groups excluding carboxylic acids is 2. The highest BCUT2D eigenvalue weighted by molar-refractivity contribution is 6.01. The van der Waals surface area contributed by atoms with E-state index in [9.17, 15) is 19.7 Å². The molecule has 0 fully saturated rings. The van der Waals surface area contributed by atoms with Gasteiger partial charge >= 0.3 is 0 Å². The minimum Gasteiger partial charge on any atom is -0.341 e. The summed E-state index contributed by atoms with van der Waals surface area (Å²) in [5.41, 5.74) is 2.07. The van der Waals surface area contributed by atoms with Gasteiger partial charge in [-0.25, -0.2) is 9.97 Å². The second-order valence-electron chi connectivity index (χ2n) is 7.02. The first-order valence-corrected chi connectivity index (χ1v) is 9.67. The molecule has 2 aromatic carbocycles. The van der Waals surface area contributed by atoms with Crippen molar-refractivity contribution in [2.75, 3.05) is 5.32 Å². The molecule has 0 aliphatic carbocycles. The molecule has 0 aliphatic rings. The van der Waals surface area contributed by atoms with Crippen molar-refractivity contribution in [2.45, 2.75) is 13.0 Å². The third-order valence-corrected chi connectivity index (χ3v) is 4.74. The van der Waals surface area contributed by atoms with Crippen LogP contribution in [0.25, 0.3) is 17.0 Å². The number of hydrogen-bond donors (Lipinski definition) is 2. The topological polar surface area (TPSA) is 132 Å². The Morgan fingerprint density at radius 2 is 1.91 bits per heavy atom. The van der Waals surface area contributed by atoms with Crippen LogP contribution in [-0.4, -0.2) is 37.1 Å². The number of imidazole rings is 1. The minimum atomic E-state index is -0.856. The molecule has 10 nitrogen and oxygen atoms in total. The number of carbonyl (C=O) groups is 2. The minimum absolute atomic E-state index is 0.102. The molecule has 4 aromatic rings. The van der Waals surface area contributed by atoms with Gasteiger partial charge in [0.15, 0.2) is 0 Å². The summed E-state index contributed by atoms with van der Waals surface area (Å²) < 4.78 is 1.82. The van der Waals surface area contributed by atoms with E-state index in [1.54, 1.807) is 18.3 Å². The fourth-order valence-corrected chi connectivity index (χ4v) is 3.05. The summed E-state index contributed by atoms with van der Waals surface area (Å²) in [6.07, 6.45) is 5.39. The van der Waals surface area contributed by atoms with Crippen LogP contribution in [0.1, 0.15) is 17.3 Å². The Kier molecular flexibility index (Phi) is 5.58. The quantitative estimate of drug-likeness (QED) is 0.357. The van der Waals surface area contributed by atoms with Gasteiger partial charge in [0.25, 0.3) is 11.6 Å². The third-order valence-electron chi connectivity index (χ3n) is 4.74. The number of anilines is 1. The number of nitro groups is 1. The fourth-order valence-electron chi connectivity index (χ4n) is 3.05. The molecule has 0 spiro atoms. The second-order valence-corrected chi connectivity index (χ2v) is 7.02. The summed E-state index contributed by atoms with van der Waals surface area (Å²) in [5.74, 6) is -0.409. The molecular weight excluding hydrogens is 412 g/mol. The lowest BCUT2D eigenvalue weighted by molar-refractivity contribution is -0.384. The van der Waals surface area contributed by atoms with Crippen molar-refractivity contribution in [1.29, 1.82) is 0 Å². The van der Waals surface area contributed by atoms with Crippen LogP contribution in [0.5, 0.6) is 0 Å². The maximum Gasteiger partial charge on any atom is 0.270 e. The zero-order valence-electron chi connectivity index (χ0n) is 16.9. The largest absolute Gasteiger partial charge is 0.341 e. The van der Waals surface area contributed by atoms with Crippen molar-refractivity contribution >= 4 is 29.0 Å². The Hall–Kier alpha value is -4.60. The van der Waals surface area contributed by atoms with E-state index in [4.69, 9.17) is 0 Å². The van der Waals surface area contributed by atoms with Crippen molar-refractivity contribution in [1.82, 2.24) is 19.7 Å². The molecule has 0 aliphatic heterocycles. The lowest BCUT2D eigenvalue weighted by Crippen LogP contribution is -2.41. The molecule has 2 N–H and O–H groups in total. The number of fused-ring (bicyclic) bond motifs is 1. The number of rotatable bonds is 6. The average molecular weight is 430 g/mol. The van der Waals surface area contributed by atoms with Crippen LogP contribution >= 0.6 is 0 Å². The van der Waals surface area contributed by atoms with E-state index in [1.165, 1.54) is 25.1 Å². The Morgan fingerprint density at radius 3 is 2.62 bits per heavy atom. The number of aromatic nitrogens is 3. The first-order chi connectivity index (χ1) is 15.4. The van der Waals surface area contributed by atoms with E-state index in [1.807, 2.05) is 35.0 Å². The Labute approximate surface area is 182 Å². The van der Waals surface area contributed by atoms with E-state index in [0.717, 1.165) is 17.3 Å². The van der Waals surface area contributed by atoms with Crippen LogP contribution in [0.2, 0.25) is 0 Å². The van der Waals surface area contributed by atoms with Gasteiger partial charge in [-0.3, -0.25) is 24.1 Å². The number of nitro benzene ring substituents is 1. The number of amides is 2. The SMILES string of the molecule is CC(NC(=O)c1cccc([N+](=O)[O-])c1)C(=O)Nc1ccc(-c2cn3cccnc3n2)cc1.